The largest absolute Gasteiger partial charge is 0.379 e. The zero-order chi connectivity index (χ0) is 24.7. The average Bonchev–Trinajstić information content (AvgIpc) is 2.86. The fourth-order valence-electron chi connectivity index (χ4n) is 3.65. The number of hydrogen-bond acceptors (Lipinski definition) is 11. The van der Waals surface area contributed by atoms with Crippen LogP contribution in [-0.2, 0) is 33.2 Å². The van der Waals surface area contributed by atoms with Crippen LogP contribution in [0.1, 0.15) is 6.42 Å². The van der Waals surface area contributed by atoms with Crippen LogP contribution in [0.4, 0.5) is 0 Å². The highest BCUT2D eigenvalue weighted by Gasteiger charge is 2.14. The second kappa shape index (κ2) is 23.1. The predicted octanol–water partition coefficient (Wildman–Crippen LogP) is 0.184. The molecule has 0 saturated carbocycles. The summed E-state index contributed by atoms with van der Waals surface area (Å²) >= 11 is 1.87. The molecule has 1 unspecified atom stereocenters. The molecule has 3 aliphatic heterocycles. The van der Waals surface area contributed by atoms with E-state index >= 15 is 0 Å². The summed E-state index contributed by atoms with van der Waals surface area (Å²) in [6.45, 7) is 13.8. The van der Waals surface area contributed by atoms with Crippen molar-refractivity contribution in [2.45, 2.75) is 12.5 Å². The zero-order valence-electron chi connectivity index (χ0n) is 21.6. The van der Waals surface area contributed by atoms with Gasteiger partial charge in [-0.05, 0) is 12.2 Å². The van der Waals surface area contributed by atoms with E-state index < -0.39 is 0 Å². The van der Waals surface area contributed by atoms with Crippen molar-refractivity contribution in [2.24, 2.45) is 5.73 Å². The standard InChI is InChI=1S/C24H49N3O7S/c25-2-21-35-20-1-9-32-22-24-23-33-14-7-26-3-10-28-16-18-30-12-5-27(8-15-34-24)6-13-31-19-17-29-11-4-26/h24H,1-23,25H2. The van der Waals surface area contributed by atoms with Gasteiger partial charge in [0.2, 0.25) is 0 Å². The summed E-state index contributed by atoms with van der Waals surface area (Å²) in [4.78, 5) is 4.64. The van der Waals surface area contributed by atoms with Gasteiger partial charge in [0.05, 0.1) is 79.3 Å². The second-order valence-electron chi connectivity index (χ2n) is 8.53. The highest BCUT2D eigenvalue weighted by Crippen LogP contribution is 2.03. The highest BCUT2D eigenvalue weighted by molar-refractivity contribution is 7.99. The van der Waals surface area contributed by atoms with Gasteiger partial charge in [-0.3, -0.25) is 9.80 Å². The normalized spacial score (nSPS) is 27.9. The third kappa shape index (κ3) is 17.9. The van der Waals surface area contributed by atoms with Gasteiger partial charge in [0.1, 0.15) is 6.10 Å². The predicted molar refractivity (Wildman–Crippen MR) is 139 cm³/mol. The van der Waals surface area contributed by atoms with Crippen molar-refractivity contribution in [3.05, 3.63) is 0 Å². The van der Waals surface area contributed by atoms with Gasteiger partial charge in [0, 0.05) is 58.2 Å². The fourth-order valence-corrected chi connectivity index (χ4v) is 4.35. The van der Waals surface area contributed by atoms with Crippen LogP contribution < -0.4 is 5.73 Å². The molecule has 2 N–H and O–H groups in total. The minimum atomic E-state index is -0.0843. The first-order chi connectivity index (χ1) is 17.4. The Bertz CT molecular complexity index is 451. The number of fused-ring (bicyclic) bond motifs is 21. The van der Waals surface area contributed by atoms with Gasteiger partial charge >= 0.3 is 0 Å². The molecule has 0 aromatic carbocycles. The van der Waals surface area contributed by atoms with Crippen molar-refractivity contribution < 1.29 is 33.2 Å². The molecule has 3 rings (SSSR count). The maximum Gasteiger partial charge on any atom is 0.104 e. The van der Waals surface area contributed by atoms with Gasteiger partial charge in [0.15, 0.2) is 0 Å². The molecule has 0 aliphatic carbocycles. The molecule has 0 spiro atoms. The molecular weight excluding hydrogens is 474 g/mol. The molecule has 0 aromatic rings. The van der Waals surface area contributed by atoms with Crippen LogP contribution in [0.3, 0.4) is 0 Å². The van der Waals surface area contributed by atoms with Crippen molar-refractivity contribution in [1.82, 2.24) is 9.80 Å². The Hall–Kier alpha value is -0.0500. The number of thioether (sulfide) groups is 1. The molecule has 0 radical (unpaired) electrons. The Balaban J connectivity index is 1.88. The lowest BCUT2D eigenvalue weighted by Crippen LogP contribution is -2.38. The van der Waals surface area contributed by atoms with E-state index in [1.807, 2.05) is 11.8 Å². The summed E-state index contributed by atoms with van der Waals surface area (Å²) < 4.78 is 41.3. The van der Waals surface area contributed by atoms with E-state index in [2.05, 4.69) is 9.80 Å². The minimum absolute atomic E-state index is 0.0843. The van der Waals surface area contributed by atoms with Gasteiger partial charge in [-0.2, -0.15) is 11.8 Å². The summed E-state index contributed by atoms with van der Waals surface area (Å²) in [5, 5.41) is 0. The Morgan fingerprint density at radius 1 is 0.657 bits per heavy atom. The van der Waals surface area contributed by atoms with E-state index in [1.54, 1.807) is 0 Å². The Labute approximate surface area is 216 Å². The van der Waals surface area contributed by atoms with E-state index in [9.17, 15) is 0 Å². The van der Waals surface area contributed by atoms with Gasteiger partial charge in [-0.15, -0.1) is 0 Å². The molecule has 208 valence electrons. The topological polar surface area (TPSA) is 97.1 Å². The first-order valence-corrected chi connectivity index (χ1v) is 14.3. The number of nitrogens with zero attached hydrogens (tertiary/aromatic N) is 2. The lowest BCUT2D eigenvalue weighted by atomic mass is 10.4. The molecular formula is C24H49N3O7S. The van der Waals surface area contributed by atoms with Crippen molar-refractivity contribution >= 4 is 11.8 Å². The van der Waals surface area contributed by atoms with Gasteiger partial charge in [-0.1, -0.05) is 0 Å². The lowest BCUT2D eigenvalue weighted by Gasteiger charge is -2.26. The summed E-state index contributed by atoms with van der Waals surface area (Å²) in [5.41, 5.74) is 5.55. The maximum absolute atomic E-state index is 6.21. The number of rotatable bonds is 8. The smallest absolute Gasteiger partial charge is 0.104 e. The molecule has 3 heterocycles. The minimum Gasteiger partial charge on any atom is -0.379 e. The third-order valence-electron chi connectivity index (χ3n) is 5.71. The molecule has 0 aromatic heterocycles. The van der Waals surface area contributed by atoms with Gasteiger partial charge < -0.3 is 38.9 Å². The number of ether oxygens (including phenoxy) is 7. The first-order valence-electron chi connectivity index (χ1n) is 13.2. The van der Waals surface area contributed by atoms with E-state index in [4.69, 9.17) is 38.9 Å². The Morgan fingerprint density at radius 3 is 1.71 bits per heavy atom. The highest BCUT2D eigenvalue weighted by atomic mass is 32.2. The Kier molecular flexibility index (Phi) is 20.6. The molecule has 35 heavy (non-hydrogen) atoms. The fraction of sp³-hybridized carbons (Fsp3) is 1.00. The van der Waals surface area contributed by atoms with Crippen LogP contribution in [0.2, 0.25) is 0 Å². The number of hydrogen-bond donors (Lipinski definition) is 1. The van der Waals surface area contributed by atoms with E-state index in [0.717, 1.165) is 70.3 Å². The van der Waals surface area contributed by atoms with Gasteiger partial charge in [0.25, 0.3) is 0 Å². The average molecular weight is 524 g/mol. The quantitative estimate of drug-likeness (QED) is 0.442. The third-order valence-corrected chi connectivity index (χ3v) is 6.81. The van der Waals surface area contributed by atoms with Crippen LogP contribution in [0, 0.1) is 0 Å². The summed E-state index contributed by atoms with van der Waals surface area (Å²) in [7, 11) is 0. The summed E-state index contributed by atoms with van der Waals surface area (Å²) in [5.74, 6) is 2.07. The number of nitrogens with two attached hydrogens (primary N) is 1. The molecule has 10 nitrogen and oxygen atoms in total. The molecule has 3 aliphatic rings. The molecule has 0 amide bonds. The molecule has 3 saturated heterocycles. The lowest BCUT2D eigenvalue weighted by molar-refractivity contribution is -0.0699. The molecule has 1 atom stereocenters. The van der Waals surface area contributed by atoms with Crippen molar-refractivity contribution in [3.8, 4) is 0 Å². The zero-order valence-corrected chi connectivity index (χ0v) is 22.4. The van der Waals surface area contributed by atoms with E-state index in [-0.39, 0.29) is 6.10 Å². The van der Waals surface area contributed by atoms with Crippen LogP contribution in [0.25, 0.3) is 0 Å². The van der Waals surface area contributed by atoms with Crippen molar-refractivity contribution in [1.29, 1.82) is 0 Å². The Morgan fingerprint density at radius 2 is 1.17 bits per heavy atom. The maximum atomic E-state index is 6.21. The van der Waals surface area contributed by atoms with Crippen molar-refractivity contribution in [3.63, 3.8) is 0 Å². The first kappa shape index (κ1) is 31.2. The monoisotopic (exact) mass is 523 g/mol. The SMILES string of the molecule is NCCSCCCOCC1COCCN2CCOCCOCCN(CCOCCOCC2)CCO1. The van der Waals surface area contributed by atoms with Crippen LogP contribution in [-0.4, -0.2) is 159 Å². The molecule has 11 heteroatoms. The summed E-state index contributed by atoms with van der Waals surface area (Å²) in [6, 6.07) is 0. The van der Waals surface area contributed by atoms with Crippen LogP contribution >= 0.6 is 11.8 Å². The molecule has 3 fully saturated rings. The summed E-state index contributed by atoms with van der Waals surface area (Å²) in [6.07, 6.45) is 0.935. The van der Waals surface area contributed by atoms with Crippen LogP contribution in [0.5, 0.6) is 0 Å². The van der Waals surface area contributed by atoms with E-state index in [0.29, 0.717) is 79.3 Å². The molecule has 2 bridgehead atoms. The van der Waals surface area contributed by atoms with Gasteiger partial charge in [-0.25, -0.2) is 0 Å². The van der Waals surface area contributed by atoms with Crippen LogP contribution in [0.15, 0.2) is 0 Å². The second-order valence-corrected chi connectivity index (χ2v) is 9.75. The van der Waals surface area contributed by atoms with Crippen molar-refractivity contribution in [2.75, 3.05) is 143 Å². The van der Waals surface area contributed by atoms with E-state index in [1.165, 1.54) is 0 Å².